The van der Waals surface area contributed by atoms with Crippen LogP contribution in [0, 0.1) is 0 Å². The second-order valence-corrected chi connectivity index (χ2v) is 7.18. The van der Waals surface area contributed by atoms with Crippen LogP contribution in [0.2, 0.25) is 5.02 Å². The molecule has 0 aliphatic heterocycles. The van der Waals surface area contributed by atoms with Gasteiger partial charge in [-0.15, -0.1) is 11.8 Å². The topological polar surface area (TPSA) is 29.1 Å². The van der Waals surface area contributed by atoms with Crippen molar-refractivity contribution < 1.29 is 4.79 Å². The summed E-state index contributed by atoms with van der Waals surface area (Å²) in [5, 5.41) is 3.80. The molecule has 0 bridgehead atoms. The van der Waals surface area contributed by atoms with Gasteiger partial charge < -0.3 is 5.32 Å². The molecule has 0 saturated heterocycles. The molecule has 0 aromatic heterocycles. The van der Waals surface area contributed by atoms with Gasteiger partial charge in [-0.1, -0.05) is 49.4 Å². The summed E-state index contributed by atoms with van der Waals surface area (Å²) in [5.74, 6) is 0.127. The van der Waals surface area contributed by atoms with E-state index in [1.807, 2.05) is 31.2 Å². The van der Waals surface area contributed by atoms with Crippen molar-refractivity contribution in [3.63, 3.8) is 0 Å². The van der Waals surface area contributed by atoms with Gasteiger partial charge >= 0.3 is 0 Å². The van der Waals surface area contributed by atoms with Gasteiger partial charge in [0.25, 0.3) is 0 Å². The first-order valence-corrected chi connectivity index (χ1v) is 8.64. The van der Waals surface area contributed by atoms with Crippen molar-refractivity contribution in [3.05, 3.63) is 29.3 Å². The van der Waals surface area contributed by atoms with Crippen LogP contribution < -0.4 is 5.32 Å². The molecule has 20 heavy (non-hydrogen) atoms. The molecule has 1 aliphatic rings. The van der Waals surface area contributed by atoms with Gasteiger partial charge in [0.15, 0.2) is 0 Å². The lowest BCUT2D eigenvalue weighted by atomic mass is 10.1. The monoisotopic (exact) mass is 311 g/mol. The third-order valence-electron chi connectivity index (χ3n) is 3.71. The molecule has 1 saturated carbocycles. The van der Waals surface area contributed by atoms with E-state index in [-0.39, 0.29) is 11.2 Å². The fourth-order valence-electron chi connectivity index (χ4n) is 2.53. The zero-order valence-electron chi connectivity index (χ0n) is 11.9. The van der Waals surface area contributed by atoms with Gasteiger partial charge in [-0.2, -0.15) is 0 Å². The van der Waals surface area contributed by atoms with E-state index in [0.29, 0.717) is 11.1 Å². The van der Waals surface area contributed by atoms with Gasteiger partial charge in [0.05, 0.1) is 10.3 Å². The third-order valence-corrected chi connectivity index (χ3v) is 5.33. The van der Waals surface area contributed by atoms with Crippen LogP contribution in [0.1, 0.15) is 45.4 Å². The van der Waals surface area contributed by atoms with Crippen LogP contribution in [0.15, 0.2) is 29.2 Å². The lowest BCUT2D eigenvalue weighted by molar-refractivity contribution is -0.121. The Balaban J connectivity index is 1.87. The molecule has 0 radical (unpaired) electrons. The summed E-state index contributed by atoms with van der Waals surface area (Å²) in [6.07, 6.45) is 7.31. The molecule has 110 valence electrons. The Hall–Kier alpha value is -0.670. The van der Waals surface area contributed by atoms with Crippen molar-refractivity contribution >= 4 is 29.3 Å². The van der Waals surface area contributed by atoms with Crippen LogP contribution in [0.3, 0.4) is 0 Å². The third kappa shape index (κ3) is 4.71. The van der Waals surface area contributed by atoms with Crippen molar-refractivity contribution in [2.75, 3.05) is 0 Å². The summed E-state index contributed by atoms with van der Waals surface area (Å²) in [4.78, 5) is 13.2. The maximum Gasteiger partial charge on any atom is 0.233 e. The van der Waals surface area contributed by atoms with E-state index in [0.717, 1.165) is 17.7 Å². The van der Waals surface area contributed by atoms with Crippen LogP contribution in [-0.2, 0) is 4.79 Å². The van der Waals surface area contributed by atoms with Gasteiger partial charge in [0, 0.05) is 10.9 Å². The Morgan fingerprint density at radius 3 is 2.55 bits per heavy atom. The normalized spacial score (nSPS) is 18.3. The molecule has 2 rings (SSSR count). The molecule has 0 heterocycles. The minimum atomic E-state index is -0.113. The van der Waals surface area contributed by atoms with Crippen molar-refractivity contribution in [1.82, 2.24) is 5.32 Å². The maximum atomic E-state index is 12.3. The largest absolute Gasteiger partial charge is 0.352 e. The molecule has 1 fully saturated rings. The number of hydrogen-bond acceptors (Lipinski definition) is 2. The van der Waals surface area contributed by atoms with E-state index in [9.17, 15) is 4.79 Å². The highest BCUT2D eigenvalue weighted by molar-refractivity contribution is 8.00. The Labute approximate surface area is 130 Å². The fraction of sp³-hybridized carbons (Fsp3) is 0.562. The SMILES string of the molecule is CC(Sc1ccccc1Cl)C(=O)NC1CCCCCC1. The van der Waals surface area contributed by atoms with Gasteiger partial charge in [-0.3, -0.25) is 4.79 Å². The molecule has 4 heteroatoms. The Morgan fingerprint density at radius 1 is 1.25 bits per heavy atom. The summed E-state index contributed by atoms with van der Waals surface area (Å²) in [6, 6.07) is 8.04. The minimum absolute atomic E-state index is 0.113. The quantitative estimate of drug-likeness (QED) is 0.647. The lowest BCUT2D eigenvalue weighted by Gasteiger charge is -2.19. The molecule has 1 N–H and O–H groups in total. The van der Waals surface area contributed by atoms with E-state index in [1.165, 1.54) is 37.4 Å². The number of carbonyl (C=O) groups is 1. The summed E-state index contributed by atoms with van der Waals surface area (Å²) < 4.78 is 0. The van der Waals surface area contributed by atoms with E-state index in [2.05, 4.69) is 5.32 Å². The number of hydrogen-bond donors (Lipinski definition) is 1. The molecular formula is C16H22ClNOS. The van der Waals surface area contributed by atoms with E-state index >= 15 is 0 Å². The molecule has 1 aromatic rings. The first-order chi connectivity index (χ1) is 9.66. The lowest BCUT2D eigenvalue weighted by Crippen LogP contribution is -2.39. The number of nitrogens with one attached hydrogen (secondary N) is 1. The van der Waals surface area contributed by atoms with Crippen LogP contribution in [0.4, 0.5) is 0 Å². The highest BCUT2D eigenvalue weighted by atomic mass is 35.5. The number of rotatable bonds is 4. The van der Waals surface area contributed by atoms with Crippen LogP contribution in [0.25, 0.3) is 0 Å². The summed E-state index contributed by atoms with van der Waals surface area (Å²) >= 11 is 7.66. The van der Waals surface area contributed by atoms with Gasteiger partial charge in [-0.25, -0.2) is 0 Å². The number of halogens is 1. The maximum absolute atomic E-state index is 12.3. The summed E-state index contributed by atoms with van der Waals surface area (Å²) in [6.45, 7) is 1.94. The Morgan fingerprint density at radius 2 is 1.90 bits per heavy atom. The summed E-state index contributed by atoms with van der Waals surface area (Å²) in [5.41, 5.74) is 0. The van der Waals surface area contributed by atoms with E-state index in [1.54, 1.807) is 0 Å². The number of benzene rings is 1. The Kier molecular flexibility index (Phi) is 6.24. The van der Waals surface area contributed by atoms with Crippen molar-refractivity contribution in [3.8, 4) is 0 Å². The zero-order chi connectivity index (χ0) is 14.4. The van der Waals surface area contributed by atoms with Gasteiger partial charge in [0.2, 0.25) is 5.91 Å². The summed E-state index contributed by atoms with van der Waals surface area (Å²) in [7, 11) is 0. The molecule has 1 aliphatic carbocycles. The smallest absolute Gasteiger partial charge is 0.233 e. The van der Waals surface area contributed by atoms with Crippen molar-refractivity contribution in [1.29, 1.82) is 0 Å². The number of carbonyl (C=O) groups excluding carboxylic acids is 1. The minimum Gasteiger partial charge on any atom is -0.352 e. The highest BCUT2D eigenvalue weighted by Gasteiger charge is 2.20. The van der Waals surface area contributed by atoms with Gasteiger partial charge in [0.1, 0.15) is 0 Å². The van der Waals surface area contributed by atoms with E-state index < -0.39 is 0 Å². The standard InChI is InChI=1S/C16H22ClNOS/c1-12(20-15-11-7-6-10-14(15)17)16(19)18-13-8-4-2-3-5-9-13/h6-7,10-13H,2-5,8-9H2,1H3,(H,18,19). The van der Waals surface area contributed by atoms with Gasteiger partial charge in [-0.05, 0) is 31.9 Å². The molecule has 2 nitrogen and oxygen atoms in total. The molecule has 1 unspecified atom stereocenters. The average Bonchev–Trinajstić information content (AvgIpc) is 2.70. The molecule has 1 atom stereocenters. The zero-order valence-corrected chi connectivity index (χ0v) is 13.5. The highest BCUT2D eigenvalue weighted by Crippen LogP contribution is 2.30. The van der Waals surface area contributed by atoms with Crippen LogP contribution >= 0.6 is 23.4 Å². The molecule has 1 amide bonds. The van der Waals surface area contributed by atoms with Crippen molar-refractivity contribution in [2.45, 2.75) is 61.6 Å². The first kappa shape index (κ1) is 15.7. The molecule has 0 spiro atoms. The Bertz CT molecular complexity index is 444. The predicted octanol–water partition coefficient (Wildman–Crippen LogP) is 4.66. The number of amides is 1. The predicted molar refractivity (Wildman–Crippen MR) is 86.4 cm³/mol. The second-order valence-electron chi connectivity index (χ2n) is 5.39. The van der Waals surface area contributed by atoms with E-state index in [4.69, 9.17) is 11.6 Å². The molecule has 1 aromatic carbocycles. The van der Waals surface area contributed by atoms with Crippen LogP contribution in [-0.4, -0.2) is 17.2 Å². The second kappa shape index (κ2) is 7.94. The van der Waals surface area contributed by atoms with Crippen molar-refractivity contribution in [2.24, 2.45) is 0 Å². The number of thioether (sulfide) groups is 1. The molecular weight excluding hydrogens is 290 g/mol. The fourth-order valence-corrected chi connectivity index (χ4v) is 3.69. The average molecular weight is 312 g/mol. The first-order valence-electron chi connectivity index (χ1n) is 7.38. The van der Waals surface area contributed by atoms with Crippen LogP contribution in [0.5, 0.6) is 0 Å².